The summed E-state index contributed by atoms with van der Waals surface area (Å²) < 4.78 is 12.7. The number of rotatable bonds is 7. The van der Waals surface area contributed by atoms with Crippen LogP contribution in [0.25, 0.3) is 0 Å². The van der Waals surface area contributed by atoms with Crippen molar-refractivity contribution in [3.63, 3.8) is 0 Å². The number of hydrogen-bond acceptors (Lipinski definition) is 2. The Bertz CT molecular complexity index is 447. The van der Waals surface area contributed by atoms with E-state index in [0.29, 0.717) is 6.04 Å². The number of hydrogen-bond donors (Lipinski definition) is 1. The zero-order valence-electron chi connectivity index (χ0n) is 14.4. The molecule has 3 unspecified atom stereocenters. The highest BCUT2D eigenvalue weighted by molar-refractivity contribution is 7.85. The van der Waals surface area contributed by atoms with E-state index in [1.807, 2.05) is 12.1 Å². The Morgan fingerprint density at radius 1 is 1.14 bits per heavy atom. The number of nitrogens with one attached hydrogen (secondary N) is 1. The van der Waals surface area contributed by atoms with Gasteiger partial charge in [0, 0.05) is 10.9 Å². The Balaban J connectivity index is 2.82. The molecule has 3 atom stereocenters. The van der Waals surface area contributed by atoms with Gasteiger partial charge in [-0.15, -0.1) is 0 Å². The molecule has 0 fully saturated rings. The Hall–Kier alpha value is -0.670. The minimum Gasteiger partial charge on any atom is -0.313 e. The predicted octanol–water partition coefficient (Wildman–Crippen LogP) is 4.26. The Labute approximate surface area is 133 Å². The summed E-state index contributed by atoms with van der Waals surface area (Å²) in [5, 5.41) is 3.64. The van der Waals surface area contributed by atoms with Crippen LogP contribution < -0.4 is 5.32 Å². The summed E-state index contributed by atoms with van der Waals surface area (Å²) in [5.74, 6) is 0. The molecule has 2 nitrogen and oxygen atoms in total. The van der Waals surface area contributed by atoms with Crippen molar-refractivity contribution in [3.05, 3.63) is 29.8 Å². The minimum atomic E-state index is -0.959. The summed E-state index contributed by atoms with van der Waals surface area (Å²) in [6, 6.07) is 8.59. The highest BCUT2D eigenvalue weighted by Gasteiger charge is 2.22. The molecule has 0 bridgehead atoms. The lowest BCUT2D eigenvalue weighted by atomic mass is 9.87. The van der Waals surface area contributed by atoms with Crippen molar-refractivity contribution in [3.8, 4) is 0 Å². The fourth-order valence-corrected chi connectivity index (χ4v) is 3.85. The standard InChI is InChI=1S/C18H31NOS/c1-7-13-19-17(8-2)14(3)21(20)16-11-9-15(10-12-16)18(4,5)6/h9-12,14,17,19H,7-8,13H2,1-6H3. The smallest absolute Gasteiger partial charge is 0.0573 e. The molecule has 21 heavy (non-hydrogen) atoms. The molecule has 0 aliphatic carbocycles. The summed E-state index contributed by atoms with van der Waals surface area (Å²) in [5.41, 5.74) is 1.42. The van der Waals surface area contributed by atoms with Crippen LogP contribution in [0.5, 0.6) is 0 Å². The topological polar surface area (TPSA) is 29.1 Å². The summed E-state index contributed by atoms with van der Waals surface area (Å²) in [4.78, 5) is 0.937. The average molecular weight is 310 g/mol. The maximum absolute atomic E-state index is 12.7. The summed E-state index contributed by atoms with van der Waals surface area (Å²) >= 11 is 0. The van der Waals surface area contributed by atoms with Crippen LogP contribution in [0.3, 0.4) is 0 Å². The van der Waals surface area contributed by atoms with Gasteiger partial charge < -0.3 is 5.32 Å². The van der Waals surface area contributed by atoms with E-state index < -0.39 is 10.8 Å². The molecule has 1 N–H and O–H groups in total. The molecule has 1 aromatic rings. The van der Waals surface area contributed by atoms with Gasteiger partial charge in [-0.1, -0.05) is 46.8 Å². The van der Waals surface area contributed by atoms with Gasteiger partial charge in [0.15, 0.2) is 0 Å². The quantitative estimate of drug-likeness (QED) is 0.815. The lowest BCUT2D eigenvalue weighted by Crippen LogP contribution is -2.40. The third-order valence-electron chi connectivity index (χ3n) is 3.95. The molecule has 0 amide bonds. The lowest BCUT2D eigenvalue weighted by molar-refractivity contribution is 0.486. The van der Waals surface area contributed by atoms with E-state index in [1.165, 1.54) is 5.56 Å². The van der Waals surface area contributed by atoms with E-state index in [4.69, 9.17) is 0 Å². The van der Waals surface area contributed by atoms with Crippen LogP contribution in [0.2, 0.25) is 0 Å². The van der Waals surface area contributed by atoms with Crippen LogP contribution in [0.1, 0.15) is 59.9 Å². The Morgan fingerprint density at radius 3 is 2.14 bits per heavy atom. The second-order valence-corrected chi connectivity index (χ2v) is 8.56. The first-order valence-electron chi connectivity index (χ1n) is 8.05. The number of benzene rings is 1. The van der Waals surface area contributed by atoms with Crippen molar-refractivity contribution >= 4 is 10.8 Å². The molecule has 0 heterocycles. The largest absolute Gasteiger partial charge is 0.313 e. The maximum atomic E-state index is 12.7. The van der Waals surface area contributed by atoms with Crippen molar-refractivity contribution in [1.82, 2.24) is 5.32 Å². The molecule has 120 valence electrons. The van der Waals surface area contributed by atoms with Crippen molar-refractivity contribution < 1.29 is 4.21 Å². The van der Waals surface area contributed by atoms with Gasteiger partial charge in [-0.25, -0.2) is 0 Å². The molecule has 0 aromatic heterocycles. The Morgan fingerprint density at radius 2 is 1.71 bits per heavy atom. The first kappa shape index (κ1) is 18.4. The van der Waals surface area contributed by atoms with Crippen LogP contribution in [0.4, 0.5) is 0 Å². The summed E-state index contributed by atoms with van der Waals surface area (Å²) in [6.45, 7) is 14.0. The molecule has 0 spiro atoms. The van der Waals surface area contributed by atoms with Gasteiger partial charge in [0.25, 0.3) is 0 Å². The van der Waals surface area contributed by atoms with Crippen LogP contribution in [0.15, 0.2) is 29.2 Å². The molecule has 0 saturated heterocycles. The highest BCUT2D eigenvalue weighted by Crippen LogP contribution is 2.24. The zero-order chi connectivity index (χ0) is 16.0. The normalized spacial score (nSPS) is 16.5. The van der Waals surface area contributed by atoms with E-state index in [-0.39, 0.29) is 10.7 Å². The third-order valence-corrected chi connectivity index (χ3v) is 5.69. The van der Waals surface area contributed by atoms with Crippen molar-refractivity contribution in [2.45, 2.75) is 76.0 Å². The summed E-state index contributed by atoms with van der Waals surface area (Å²) in [6.07, 6.45) is 2.11. The first-order chi connectivity index (χ1) is 9.81. The molecular weight excluding hydrogens is 278 g/mol. The molecule has 0 saturated carbocycles. The first-order valence-corrected chi connectivity index (χ1v) is 9.27. The van der Waals surface area contributed by atoms with Gasteiger partial charge in [0.05, 0.1) is 16.0 Å². The van der Waals surface area contributed by atoms with Gasteiger partial charge in [0.1, 0.15) is 0 Å². The molecule has 1 aromatic carbocycles. The molecule has 0 aliphatic rings. The van der Waals surface area contributed by atoms with Gasteiger partial charge >= 0.3 is 0 Å². The molecule has 0 radical (unpaired) electrons. The fourth-order valence-electron chi connectivity index (χ4n) is 2.42. The Kier molecular flexibility index (Phi) is 7.08. The lowest BCUT2D eigenvalue weighted by Gasteiger charge is -2.24. The second kappa shape index (κ2) is 8.09. The SMILES string of the molecule is CCCNC(CC)C(C)S(=O)c1ccc(C(C)(C)C)cc1. The van der Waals surface area contributed by atoms with E-state index >= 15 is 0 Å². The van der Waals surface area contributed by atoms with Gasteiger partial charge in [-0.05, 0) is 49.4 Å². The fraction of sp³-hybridized carbons (Fsp3) is 0.667. The molecule has 0 aliphatic heterocycles. The van der Waals surface area contributed by atoms with E-state index in [9.17, 15) is 4.21 Å². The van der Waals surface area contributed by atoms with E-state index in [2.05, 4.69) is 59.0 Å². The summed E-state index contributed by atoms with van der Waals surface area (Å²) in [7, 11) is -0.959. The van der Waals surface area contributed by atoms with Crippen LogP contribution in [-0.2, 0) is 16.2 Å². The van der Waals surface area contributed by atoms with Crippen LogP contribution >= 0.6 is 0 Å². The third kappa shape index (κ3) is 5.23. The van der Waals surface area contributed by atoms with Gasteiger partial charge in [0.2, 0.25) is 0 Å². The maximum Gasteiger partial charge on any atom is 0.0573 e. The highest BCUT2D eigenvalue weighted by atomic mass is 32.2. The van der Waals surface area contributed by atoms with Crippen LogP contribution in [-0.4, -0.2) is 22.0 Å². The molecule has 1 rings (SSSR count). The predicted molar refractivity (Wildman–Crippen MR) is 93.4 cm³/mol. The second-order valence-electron chi connectivity index (χ2n) is 6.75. The molecule has 3 heteroatoms. The zero-order valence-corrected chi connectivity index (χ0v) is 15.2. The monoisotopic (exact) mass is 309 g/mol. The van der Waals surface area contributed by atoms with E-state index in [1.54, 1.807) is 0 Å². The van der Waals surface area contributed by atoms with Crippen LogP contribution in [0, 0.1) is 0 Å². The molecular formula is C18H31NOS. The van der Waals surface area contributed by atoms with Crippen molar-refractivity contribution in [2.24, 2.45) is 0 Å². The van der Waals surface area contributed by atoms with Gasteiger partial charge in [-0.3, -0.25) is 4.21 Å². The average Bonchev–Trinajstić information content (AvgIpc) is 2.46. The minimum absolute atomic E-state index is 0.127. The van der Waals surface area contributed by atoms with E-state index in [0.717, 1.165) is 24.3 Å². The van der Waals surface area contributed by atoms with Crippen molar-refractivity contribution in [2.75, 3.05) is 6.54 Å². The van der Waals surface area contributed by atoms with Crippen molar-refractivity contribution in [1.29, 1.82) is 0 Å². The van der Waals surface area contributed by atoms with Gasteiger partial charge in [-0.2, -0.15) is 0 Å².